The van der Waals surface area contributed by atoms with E-state index in [4.69, 9.17) is 0 Å². The number of carbonyl (C=O) groups excluding carboxylic acids is 2. The molecule has 6 heteroatoms. The van der Waals surface area contributed by atoms with Gasteiger partial charge in [-0.25, -0.2) is 4.98 Å². The summed E-state index contributed by atoms with van der Waals surface area (Å²) in [6, 6.07) is 6.12. The number of benzene rings is 1. The molecule has 22 heavy (non-hydrogen) atoms. The Morgan fingerprint density at radius 1 is 1.27 bits per heavy atom. The van der Waals surface area contributed by atoms with Crippen LogP contribution in [0.5, 0.6) is 0 Å². The normalized spacial score (nSPS) is 10.9. The van der Waals surface area contributed by atoms with Gasteiger partial charge >= 0.3 is 0 Å². The molecule has 0 bridgehead atoms. The molecule has 0 radical (unpaired) electrons. The zero-order valence-corrected chi connectivity index (χ0v) is 13.9. The summed E-state index contributed by atoms with van der Waals surface area (Å²) >= 11 is 1.46. The summed E-state index contributed by atoms with van der Waals surface area (Å²) in [7, 11) is 0. The van der Waals surface area contributed by atoms with Crippen molar-refractivity contribution < 1.29 is 9.59 Å². The molecule has 0 saturated carbocycles. The Hall–Kier alpha value is -1.95. The molecule has 0 fully saturated rings. The van der Waals surface area contributed by atoms with Crippen molar-refractivity contribution in [3.8, 4) is 0 Å². The number of thiazole rings is 1. The van der Waals surface area contributed by atoms with Crippen LogP contribution in [0, 0.1) is 0 Å². The third-order valence-corrected chi connectivity index (χ3v) is 4.04. The minimum absolute atomic E-state index is 0.0374. The van der Waals surface area contributed by atoms with Crippen LogP contribution in [0.25, 0.3) is 10.2 Å². The lowest BCUT2D eigenvalue weighted by Gasteiger charge is -2.07. The first-order valence-corrected chi connectivity index (χ1v) is 8.28. The molecule has 2 amide bonds. The highest BCUT2D eigenvalue weighted by molar-refractivity contribution is 7.22. The summed E-state index contributed by atoms with van der Waals surface area (Å²) in [6.45, 7) is 5.71. The van der Waals surface area contributed by atoms with Crippen molar-refractivity contribution in [1.29, 1.82) is 0 Å². The molecule has 0 aliphatic carbocycles. The molecule has 0 unspecified atom stereocenters. The van der Waals surface area contributed by atoms with Crippen LogP contribution in [0.15, 0.2) is 18.2 Å². The molecule has 0 aliphatic rings. The Labute approximate surface area is 134 Å². The van der Waals surface area contributed by atoms with Gasteiger partial charge in [0, 0.05) is 18.9 Å². The Bertz CT molecular complexity index is 679. The van der Waals surface area contributed by atoms with Crippen molar-refractivity contribution in [3.63, 3.8) is 0 Å². The van der Waals surface area contributed by atoms with Gasteiger partial charge in [0.2, 0.25) is 11.8 Å². The van der Waals surface area contributed by atoms with Crippen LogP contribution in [0.2, 0.25) is 0 Å². The van der Waals surface area contributed by atoms with E-state index in [1.165, 1.54) is 11.3 Å². The van der Waals surface area contributed by atoms with Gasteiger partial charge in [-0.15, -0.1) is 0 Å². The second-order valence-corrected chi connectivity index (χ2v) is 6.48. The highest BCUT2D eigenvalue weighted by Gasteiger charge is 2.08. The van der Waals surface area contributed by atoms with Gasteiger partial charge in [0.05, 0.1) is 10.2 Å². The third kappa shape index (κ3) is 4.53. The monoisotopic (exact) mass is 319 g/mol. The Morgan fingerprint density at radius 2 is 2.05 bits per heavy atom. The first-order chi connectivity index (χ1) is 10.5. The molecule has 1 aromatic carbocycles. The van der Waals surface area contributed by atoms with Crippen molar-refractivity contribution in [2.24, 2.45) is 0 Å². The van der Waals surface area contributed by atoms with Crippen LogP contribution in [-0.2, 0) is 16.0 Å². The number of carbonyl (C=O) groups is 2. The number of hydrogen-bond donors (Lipinski definition) is 2. The lowest BCUT2D eigenvalue weighted by Crippen LogP contribution is -2.30. The van der Waals surface area contributed by atoms with Crippen molar-refractivity contribution >= 4 is 38.5 Å². The van der Waals surface area contributed by atoms with E-state index in [0.717, 1.165) is 15.8 Å². The molecule has 1 heterocycles. The van der Waals surface area contributed by atoms with Crippen LogP contribution in [-0.4, -0.2) is 22.8 Å². The average molecular weight is 319 g/mol. The number of rotatable bonds is 6. The number of nitrogens with one attached hydrogen (secondary N) is 2. The number of amides is 2. The standard InChI is InChI=1S/C16H21N3O2S/c1-4-14(20)19-16-18-12-7-5-11(9-13(12)22-16)6-8-15(21)17-10(2)3/h5,7,9-10H,4,6,8H2,1-3H3,(H,17,21)(H,18,19,20). The molecule has 1 aromatic heterocycles. The van der Waals surface area contributed by atoms with E-state index in [2.05, 4.69) is 15.6 Å². The second kappa shape index (κ2) is 7.35. The van der Waals surface area contributed by atoms with E-state index in [1.807, 2.05) is 39.0 Å². The number of nitrogens with zero attached hydrogens (tertiary/aromatic N) is 1. The van der Waals surface area contributed by atoms with Crippen molar-refractivity contribution in [1.82, 2.24) is 10.3 Å². The van der Waals surface area contributed by atoms with Gasteiger partial charge in [-0.3, -0.25) is 9.59 Å². The minimum atomic E-state index is -0.0374. The quantitative estimate of drug-likeness (QED) is 0.859. The molecule has 0 aliphatic heterocycles. The number of fused-ring (bicyclic) bond motifs is 1. The highest BCUT2D eigenvalue weighted by Crippen LogP contribution is 2.27. The summed E-state index contributed by atoms with van der Waals surface area (Å²) in [5, 5.41) is 6.28. The van der Waals surface area contributed by atoms with Gasteiger partial charge in [0.15, 0.2) is 5.13 Å². The fourth-order valence-corrected chi connectivity index (χ4v) is 2.98. The molecule has 118 valence electrons. The van der Waals surface area contributed by atoms with Crippen molar-refractivity contribution in [2.75, 3.05) is 5.32 Å². The Balaban J connectivity index is 2.03. The van der Waals surface area contributed by atoms with Crippen LogP contribution in [0.3, 0.4) is 0 Å². The molecule has 5 nitrogen and oxygen atoms in total. The van der Waals surface area contributed by atoms with Gasteiger partial charge in [-0.1, -0.05) is 24.3 Å². The van der Waals surface area contributed by atoms with Crippen molar-refractivity contribution in [2.45, 2.75) is 46.1 Å². The molecular weight excluding hydrogens is 298 g/mol. The largest absolute Gasteiger partial charge is 0.354 e. The summed E-state index contributed by atoms with van der Waals surface area (Å²) in [6.07, 6.45) is 1.61. The third-order valence-electron chi connectivity index (χ3n) is 3.11. The summed E-state index contributed by atoms with van der Waals surface area (Å²) in [4.78, 5) is 27.5. The van der Waals surface area contributed by atoms with E-state index in [1.54, 1.807) is 0 Å². The highest BCUT2D eigenvalue weighted by atomic mass is 32.1. The predicted molar refractivity (Wildman–Crippen MR) is 90.1 cm³/mol. The van der Waals surface area contributed by atoms with Gasteiger partial charge < -0.3 is 10.6 Å². The summed E-state index contributed by atoms with van der Waals surface area (Å²) in [5.41, 5.74) is 1.97. The minimum Gasteiger partial charge on any atom is -0.354 e. The number of hydrogen-bond acceptors (Lipinski definition) is 4. The number of aryl methyl sites for hydroxylation is 1. The Morgan fingerprint density at radius 3 is 2.73 bits per heavy atom. The molecule has 2 N–H and O–H groups in total. The molecule has 0 atom stereocenters. The predicted octanol–water partition coefficient (Wildman–Crippen LogP) is 3.10. The van der Waals surface area contributed by atoms with E-state index in [0.29, 0.717) is 24.4 Å². The molecule has 2 aromatic rings. The fraction of sp³-hybridized carbons (Fsp3) is 0.438. The van der Waals surface area contributed by atoms with E-state index < -0.39 is 0 Å². The van der Waals surface area contributed by atoms with Crippen LogP contribution in [0.4, 0.5) is 5.13 Å². The smallest absolute Gasteiger partial charge is 0.225 e. The molecular formula is C16H21N3O2S. The maximum absolute atomic E-state index is 11.7. The molecule has 0 saturated heterocycles. The second-order valence-electron chi connectivity index (χ2n) is 5.45. The average Bonchev–Trinajstić information content (AvgIpc) is 2.85. The SMILES string of the molecule is CCC(=O)Nc1nc2ccc(CCC(=O)NC(C)C)cc2s1. The van der Waals surface area contributed by atoms with Crippen LogP contribution in [0.1, 0.15) is 39.2 Å². The Kier molecular flexibility index (Phi) is 5.49. The first-order valence-electron chi connectivity index (χ1n) is 7.46. The fourth-order valence-electron chi connectivity index (χ4n) is 2.04. The van der Waals surface area contributed by atoms with E-state index >= 15 is 0 Å². The van der Waals surface area contributed by atoms with Gasteiger partial charge in [-0.2, -0.15) is 0 Å². The summed E-state index contributed by atoms with van der Waals surface area (Å²) in [5.74, 6) is 0.0277. The number of anilines is 1. The molecule has 2 rings (SSSR count). The van der Waals surface area contributed by atoms with Gasteiger partial charge in [0.1, 0.15) is 0 Å². The maximum atomic E-state index is 11.7. The topological polar surface area (TPSA) is 71.1 Å². The van der Waals surface area contributed by atoms with Gasteiger partial charge in [0.25, 0.3) is 0 Å². The lowest BCUT2D eigenvalue weighted by atomic mass is 10.1. The molecule has 0 spiro atoms. The number of aromatic nitrogens is 1. The van der Waals surface area contributed by atoms with Crippen LogP contribution >= 0.6 is 11.3 Å². The van der Waals surface area contributed by atoms with Crippen LogP contribution < -0.4 is 10.6 Å². The summed E-state index contributed by atoms with van der Waals surface area (Å²) < 4.78 is 1.02. The zero-order valence-electron chi connectivity index (χ0n) is 13.1. The first kappa shape index (κ1) is 16.4. The maximum Gasteiger partial charge on any atom is 0.225 e. The zero-order chi connectivity index (χ0) is 16.1. The van der Waals surface area contributed by atoms with Crippen molar-refractivity contribution in [3.05, 3.63) is 23.8 Å². The van der Waals surface area contributed by atoms with E-state index in [-0.39, 0.29) is 17.9 Å². The van der Waals surface area contributed by atoms with Gasteiger partial charge in [-0.05, 0) is 38.0 Å². The lowest BCUT2D eigenvalue weighted by molar-refractivity contribution is -0.121. The van der Waals surface area contributed by atoms with E-state index in [9.17, 15) is 9.59 Å².